The summed E-state index contributed by atoms with van der Waals surface area (Å²) < 4.78 is 1.23. The lowest BCUT2D eigenvalue weighted by Gasteiger charge is -1.98. The lowest BCUT2D eigenvalue weighted by molar-refractivity contribution is 1.17. The van der Waals surface area contributed by atoms with Crippen LogP contribution in [0.1, 0.15) is 11.3 Å². The molecule has 2 nitrogen and oxygen atoms in total. The lowest BCUT2D eigenvalue weighted by Crippen LogP contribution is -1.86. The Morgan fingerprint density at radius 3 is 2.92 bits per heavy atom. The first-order chi connectivity index (χ1) is 5.68. The summed E-state index contributed by atoms with van der Waals surface area (Å²) >= 11 is 2.31. The van der Waals surface area contributed by atoms with Crippen molar-refractivity contribution >= 4 is 33.6 Å². The smallest absolute Gasteiger partial charge is 0.138 e. The van der Waals surface area contributed by atoms with Gasteiger partial charge in [-0.15, -0.1) is 0 Å². The molecule has 2 heterocycles. The highest BCUT2D eigenvalue weighted by atomic mass is 127. The molecule has 2 aromatic heterocycles. The van der Waals surface area contributed by atoms with Crippen molar-refractivity contribution in [3.05, 3.63) is 27.1 Å². The van der Waals surface area contributed by atoms with Crippen LogP contribution in [0.25, 0.3) is 11.0 Å². The summed E-state index contributed by atoms with van der Waals surface area (Å²) in [5, 5.41) is 1.22. The Bertz CT molecular complexity index is 431. The topological polar surface area (TPSA) is 28.7 Å². The Kier molecular flexibility index (Phi) is 1.83. The van der Waals surface area contributed by atoms with Crippen molar-refractivity contribution in [2.75, 3.05) is 0 Å². The SMILES string of the molecule is Cc1cc2c(I)c[nH]c2nc1C. The fourth-order valence-corrected chi connectivity index (χ4v) is 1.77. The summed E-state index contributed by atoms with van der Waals surface area (Å²) in [5.74, 6) is 0. The predicted octanol–water partition coefficient (Wildman–Crippen LogP) is 2.78. The second-order valence-electron chi connectivity index (χ2n) is 2.92. The molecule has 0 fully saturated rings. The van der Waals surface area contributed by atoms with E-state index in [0.717, 1.165) is 11.3 Å². The number of aromatic nitrogens is 2. The molecule has 0 atom stereocenters. The fourth-order valence-electron chi connectivity index (χ4n) is 1.21. The first kappa shape index (κ1) is 8.04. The molecule has 2 aromatic rings. The third-order valence-corrected chi connectivity index (χ3v) is 2.95. The van der Waals surface area contributed by atoms with Crippen molar-refractivity contribution in [2.45, 2.75) is 13.8 Å². The molecule has 1 N–H and O–H groups in total. The minimum absolute atomic E-state index is 0.988. The number of nitrogens with zero attached hydrogens (tertiary/aromatic N) is 1. The molecule has 0 saturated heterocycles. The molecule has 0 amide bonds. The standard InChI is InChI=1S/C9H9IN2/c1-5-3-7-8(10)4-11-9(7)12-6(5)2/h3-4H,1-2H3,(H,11,12). The van der Waals surface area contributed by atoms with Gasteiger partial charge in [0, 0.05) is 20.8 Å². The molecular weight excluding hydrogens is 263 g/mol. The third kappa shape index (κ3) is 1.12. The summed E-state index contributed by atoms with van der Waals surface area (Å²) in [6.45, 7) is 4.12. The largest absolute Gasteiger partial charge is 0.345 e. The van der Waals surface area contributed by atoms with Gasteiger partial charge in [-0.2, -0.15) is 0 Å². The molecule has 0 radical (unpaired) electrons. The third-order valence-electron chi connectivity index (χ3n) is 2.06. The van der Waals surface area contributed by atoms with E-state index in [9.17, 15) is 0 Å². The van der Waals surface area contributed by atoms with Gasteiger partial charge in [-0.05, 0) is 48.1 Å². The second-order valence-corrected chi connectivity index (χ2v) is 4.09. The van der Waals surface area contributed by atoms with Crippen molar-refractivity contribution in [1.82, 2.24) is 9.97 Å². The number of hydrogen-bond donors (Lipinski definition) is 1. The molecule has 62 valence electrons. The molecule has 0 aliphatic heterocycles. The molecule has 0 spiro atoms. The van der Waals surface area contributed by atoms with Gasteiger partial charge in [-0.1, -0.05) is 0 Å². The molecule has 2 rings (SSSR count). The molecule has 3 heteroatoms. The van der Waals surface area contributed by atoms with E-state index < -0.39 is 0 Å². The monoisotopic (exact) mass is 272 g/mol. The van der Waals surface area contributed by atoms with Crippen molar-refractivity contribution in [2.24, 2.45) is 0 Å². The van der Waals surface area contributed by atoms with Crippen molar-refractivity contribution in [3.8, 4) is 0 Å². The summed E-state index contributed by atoms with van der Waals surface area (Å²) in [6.07, 6.45) is 1.98. The van der Waals surface area contributed by atoms with Gasteiger partial charge in [-0.3, -0.25) is 0 Å². The van der Waals surface area contributed by atoms with E-state index in [2.05, 4.69) is 45.5 Å². The van der Waals surface area contributed by atoms with Crippen molar-refractivity contribution in [3.63, 3.8) is 0 Å². The average molecular weight is 272 g/mol. The molecule has 0 unspecified atom stereocenters. The number of pyridine rings is 1. The van der Waals surface area contributed by atoms with E-state index >= 15 is 0 Å². The molecule has 0 bridgehead atoms. The highest BCUT2D eigenvalue weighted by molar-refractivity contribution is 14.1. The summed E-state index contributed by atoms with van der Waals surface area (Å²) in [6, 6.07) is 2.18. The highest BCUT2D eigenvalue weighted by Crippen LogP contribution is 2.20. The van der Waals surface area contributed by atoms with Gasteiger partial charge in [0.15, 0.2) is 0 Å². The number of rotatable bonds is 0. The molecule has 0 aliphatic carbocycles. The van der Waals surface area contributed by atoms with Crippen LogP contribution < -0.4 is 0 Å². The maximum Gasteiger partial charge on any atom is 0.138 e. The molecular formula is C9H9IN2. The second kappa shape index (κ2) is 2.73. The van der Waals surface area contributed by atoms with E-state index in [1.165, 1.54) is 14.5 Å². The van der Waals surface area contributed by atoms with Crippen LogP contribution in [0.15, 0.2) is 12.3 Å². The van der Waals surface area contributed by atoms with Crippen molar-refractivity contribution < 1.29 is 0 Å². The van der Waals surface area contributed by atoms with Gasteiger partial charge in [0.25, 0.3) is 0 Å². The Hall–Kier alpha value is -0.580. The number of fused-ring (bicyclic) bond motifs is 1. The van der Waals surface area contributed by atoms with E-state index in [4.69, 9.17) is 0 Å². The number of aromatic amines is 1. The minimum atomic E-state index is 0.988. The van der Waals surface area contributed by atoms with Gasteiger partial charge >= 0.3 is 0 Å². The van der Waals surface area contributed by atoms with Crippen LogP contribution in [0.5, 0.6) is 0 Å². The zero-order valence-corrected chi connectivity index (χ0v) is 9.14. The number of nitrogens with one attached hydrogen (secondary N) is 1. The van der Waals surface area contributed by atoms with Gasteiger partial charge in [0.2, 0.25) is 0 Å². The average Bonchev–Trinajstić information content (AvgIpc) is 2.35. The van der Waals surface area contributed by atoms with Crippen LogP contribution >= 0.6 is 22.6 Å². The maximum atomic E-state index is 4.44. The van der Waals surface area contributed by atoms with Crippen LogP contribution in [-0.2, 0) is 0 Å². The molecule has 12 heavy (non-hydrogen) atoms. The minimum Gasteiger partial charge on any atom is -0.345 e. The Labute approximate surface area is 84.5 Å². The number of halogens is 1. The van der Waals surface area contributed by atoms with Crippen LogP contribution in [0.3, 0.4) is 0 Å². The summed E-state index contributed by atoms with van der Waals surface area (Å²) in [4.78, 5) is 7.57. The quantitative estimate of drug-likeness (QED) is 0.734. The van der Waals surface area contributed by atoms with E-state index in [0.29, 0.717) is 0 Å². The normalized spacial score (nSPS) is 10.9. The first-order valence-electron chi connectivity index (χ1n) is 3.79. The lowest BCUT2D eigenvalue weighted by atomic mass is 10.2. The van der Waals surface area contributed by atoms with Gasteiger partial charge in [-0.25, -0.2) is 4.98 Å². The summed E-state index contributed by atoms with van der Waals surface area (Å²) in [5.41, 5.74) is 3.34. The van der Waals surface area contributed by atoms with Crippen LogP contribution in [-0.4, -0.2) is 9.97 Å². The predicted molar refractivity (Wildman–Crippen MR) is 58.3 cm³/mol. The Morgan fingerprint density at radius 1 is 1.42 bits per heavy atom. The van der Waals surface area contributed by atoms with Gasteiger partial charge in [0.05, 0.1) is 0 Å². The number of aryl methyl sites for hydroxylation is 2. The summed E-state index contributed by atoms with van der Waals surface area (Å²) in [7, 11) is 0. The van der Waals surface area contributed by atoms with Gasteiger partial charge < -0.3 is 4.98 Å². The van der Waals surface area contributed by atoms with Crippen LogP contribution in [0, 0.1) is 17.4 Å². The Balaban J connectivity index is 2.87. The first-order valence-corrected chi connectivity index (χ1v) is 4.87. The maximum absolute atomic E-state index is 4.44. The van der Waals surface area contributed by atoms with Crippen molar-refractivity contribution in [1.29, 1.82) is 0 Å². The zero-order valence-electron chi connectivity index (χ0n) is 6.98. The molecule has 0 saturated carbocycles. The van der Waals surface area contributed by atoms with E-state index in [1.807, 2.05) is 13.1 Å². The highest BCUT2D eigenvalue weighted by Gasteiger charge is 2.03. The number of H-pyrrole nitrogens is 1. The van der Waals surface area contributed by atoms with Crippen LogP contribution in [0.2, 0.25) is 0 Å². The zero-order chi connectivity index (χ0) is 8.72. The van der Waals surface area contributed by atoms with E-state index in [1.54, 1.807) is 0 Å². The fraction of sp³-hybridized carbons (Fsp3) is 0.222. The van der Waals surface area contributed by atoms with Gasteiger partial charge in [0.1, 0.15) is 5.65 Å². The van der Waals surface area contributed by atoms with Crippen LogP contribution in [0.4, 0.5) is 0 Å². The molecule has 0 aliphatic rings. The molecule has 0 aromatic carbocycles. The Morgan fingerprint density at radius 2 is 2.17 bits per heavy atom. The van der Waals surface area contributed by atoms with E-state index in [-0.39, 0.29) is 0 Å². The number of hydrogen-bond acceptors (Lipinski definition) is 1.